The van der Waals surface area contributed by atoms with Crippen molar-refractivity contribution in [3.63, 3.8) is 0 Å². The largest absolute Gasteiger partial charge is 0.399 e. The molecule has 0 aliphatic carbocycles. The van der Waals surface area contributed by atoms with E-state index in [-0.39, 0.29) is 36.1 Å². The van der Waals surface area contributed by atoms with E-state index in [4.69, 9.17) is 16.2 Å². The monoisotopic (exact) mass is 295 g/mol. The van der Waals surface area contributed by atoms with Crippen molar-refractivity contribution in [1.29, 1.82) is 0 Å². The smallest absolute Gasteiger partial charge is 0.269 e. The highest BCUT2D eigenvalue weighted by molar-refractivity contribution is 5.85. The minimum Gasteiger partial charge on any atom is -0.399 e. The molecule has 1 aliphatic rings. The van der Waals surface area contributed by atoms with Gasteiger partial charge in [-0.15, -0.1) is 12.4 Å². The van der Waals surface area contributed by atoms with Crippen LogP contribution < -0.4 is 11.5 Å². The predicted molar refractivity (Wildman–Crippen MR) is 68.2 cm³/mol. The highest BCUT2D eigenvalue weighted by atomic mass is 35.5. The molecule has 0 amide bonds. The van der Waals surface area contributed by atoms with Gasteiger partial charge in [0, 0.05) is 11.3 Å². The van der Waals surface area contributed by atoms with Crippen molar-refractivity contribution in [3.05, 3.63) is 29.6 Å². The quantitative estimate of drug-likeness (QED) is 0.815. The number of ether oxygens (including phenoxy) is 1. The van der Waals surface area contributed by atoms with E-state index >= 15 is 0 Å². The summed E-state index contributed by atoms with van der Waals surface area (Å²) in [6.07, 6.45) is -2.95. The summed E-state index contributed by atoms with van der Waals surface area (Å²) in [4.78, 5) is 3.71. The highest BCUT2D eigenvalue weighted by Gasteiger charge is 2.46. The normalized spacial score (nSPS) is 22.8. The van der Waals surface area contributed by atoms with Crippen LogP contribution in [-0.2, 0) is 10.3 Å². The Morgan fingerprint density at radius 2 is 2.00 bits per heavy atom. The van der Waals surface area contributed by atoms with Crippen molar-refractivity contribution in [2.75, 3.05) is 18.9 Å². The molecule has 1 aromatic carbocycles. The Morgan fingerprint density at radius 3 is 2.58 bits per heavy atom. The van der Waals surface area contributed by atoms with Crippen LogP contribution in [0.2, 0.25) is 0 Å². The lowest BCUT2D eigenvalue weighted by Crippen LogP contribution is -2.45. The Hall–Kier alpha value is -1.47. The Labute approximate surface area is 114 Å². The number of anilines is 1. The van der Waals surface area contributed by atoms with Gasteiger partial charge < -0.3 is 16.2 Å². The number of halogens is 4. The Bertz CT molecular complexity index is 498. The number of hydrogen-bond acceptors (Lipinski definition) is 4. The van der Waals surface area contributed by atoms with Gasteiger partial charge in [0.2, 0.25) is 0 Å². The van der Waals surface area contributed by atoms with Gasteiger partial charge in [0.05, 0.1) is 6.61 Å². The molecule has 19 heavy (non-hydrogen) atoms. The molecule has 0 bridgehead atoms. The first-order valence-electron chi connectivity index (χ1n) is 5.21. The summed E-state index contributed by atoms with van der Waals surface area (Å²) in [7, 11) is 0. The summed E-state index contributed by atoms with van der Waals surface area (Å²) >= 11 is 0. The van der Waals surface area contributed by atoms with Crippen LogP contribution in [0.25, 0.3) is 0 Å². The number of nitrogens with zero attached hydrogens (tertiary/aromatic N) is 1. The highest BCUT2D eigenvalue weighted by Crippen LogP contribution is 2.37. The Kier molecular flexibility index (Phi) is 4.65. The first-order valence-corrected chi connectivity index (χ1v) is 5.21. The minimum absolute atomic E-state index is 0. The predicted octanol–water partition coefficient (Wildman–Crippen LogP) is 1.68. The maximum atomic E-state index is 13.7. The van der Waals surface area contributed by atoms with Crippen LogP contribution >= 0.6 is 12.4 Å². The lowest BCUT2D eigenvalue weighted by atomic mass is 9.90. The molecule has 0 saturated heterocycles. The second kappa shape index (κ2) is 5.66. The fraction of sp³-hybridized carbons (Fsp3) is 0.364. The molecule has 1 aromatic rings. The molecule has 1 unspecified atom stereocenters. The Morgan fingerprint density at radius 1 is 1.32 bits per heavy atom. The fourth-order valence-electron chi connectivity index (χ4n) is 1.87. The van der Waals surface area contributed by atoms with Crippen LogP contribution in [0.4, 0.5) is 18.9 Å². The van der Waals surface area contributed by atoms with Crippen LogP contribution in [0.5, 0.6) is 0 Å². The summed E-state index contributed by atoms with van der Waals surface area (Å²) in [5.41, 5.74) is 8.65. The number of alkyl halides is 2. The van der Waals surface area contributed by atoms with Crippen molar-refractivity contribution in [3.8, 4) is 0 Å². The molecular formula is C11H13ClF3N3O. The first-order chi connectivity index (χ1) is 8.45. The number of benzene rings is 1. The van der Waals surface area contributed by atoms with Crippen molar-refractivity contribution >= 4 is 23.9 Å². The van der Waals surface area contributed by atoms with E-state index in [9.17, 15) is 13.2 Å². The molecule has 0 spiro atoms. The topological polar surface area (TPSA) is 73.6 Å². The van der Waals surface area contributed by atoms with Gasteiger partial charge in [0.25, 0.3) is 6.43 Å². The number of aliphatic imine (C=N–C) groups is 1. The third kappa shape index (κ3) is 2.76. The first kappa shape index (κ1) is 15.6. The molecule has 0 radical (unpaired) electrons. The molecule has 0 aromatic heterocycles. The zero-order valence-electron chi connectivity index (χ0n) is 9.78. The molecule has 2 rings (SSSR count). The number of nitrogens with two attached hydrogens (primary N) is 2. The van der Waals surface area contributed by atoms with Gasteiger partial charge in [-0.05, 0) is 18.2 Å². The van der Waals surface area contributed by atoms with Crippen LogP contribution in [0, 0.1) is 5.82 Å². The van der Waals surface area contributed by atoms with E-state index < -0.39 is 24.4 Å². The average Bonchev–Trinajstić information content (AvgIpc) is 2.32. The van der Waals surface area contributed by atoms with E-state index in [1.165, 1.54) is 6.07 Å². The second-order valence-corrected chi connectivity index (χ2v) is 4.06. The van der Waals surface area contributed by atoms with Crippen LogP contribution in [-0.4, -0.2) is 25.5 Å². The van der Waals surface area contributed by atoms with Crippen LogP contribution in [0.1, 0.15) is 5.56 Å². The summed E-state index contributed by atoms with van der Waals surface area (Å²) in [5, 5.41) is 0. The lowest BCUT2D eigenvalue weighted by Gasteiger charge is -2.33. The molecule has 0 saturated carbocycles. The standard InChI is InChI=1S/C11H12F3N3O.ClH/c12-8-2-1-6(15)3-7(8)11(10(13)14)5-18-4-9(16)17-11;/h1-3,10H,4-5,15H2,(H2,16,17);1H. The summed E-state index contributed by atoms with van der Waals surface area (Å²) in [6.45, 7) is -0.482. The second-order valence-electron chi connectivity index (χ2n) is 4.06. The molecule has 0 fully saturated rings. The van der Waals surface area contributed by atoms with Crippen molar-refractivity contribution < 1.29 is 17.9 Å². The SMILES string of the molecule is Cl.NC1=NC(c2cc(N)ccc2F)(C(F)F)COC1. The van der Waals surface area contributed by atoms with E-state index in [1.807, 2.05) is 0 Å². The van der Waals surface area contributed by atoms with E-state index in [0.717, 1.165) is 12.1 Å². The van der Waals surface area contributed by atoms with Crippen molar-refractivity contribution in [1.82, 2.24) is 0 Å². The lowest BCUT2D eigenvalue weighted by molar-refractivity contribution is -0.0145. The van der Waals surface area contributed by atoms with Crippen molar-refractivity contribution in [2.45, 2.75) is 12.0 Å². The number of amidine groups is 1. The zero-order chi connectivity index (χ0) is 13.3. The average molecular weight is 296 g/mol. The molecular weight excluding hydrogens is 283 g/mol. The fourth-order valence-corrected chi connectivity index (χ4v) is 1.87. The maximum Gasteiger partial charge on any atom is 0.269 e. The number of nitrogen functional groups attached to an aromatic ring is 1. The molecule has 4 nitrogen and oxygen atoms in total. The molecule has 4 N–H and O–H groups in total. The zero-order valence-corrected chi connectivity index (χ0v) is 10.6. The summed E-state index contributed by atoms with van der Waals surface area (Å²) in [6, 6.07) is 3.44. The maximum absolute atomic E-state index is 13.7. The number of hydrogen-bond donors (Lipinski definition) is 2. The van der Waals surface area contributed by atoms with Gasteiger partial charge in [-0.1, -0.05) is 0 Å². The molecule has 1 heterocycles. The van der Waals surface area contributed by atoms with Gasteiger partial charge in [-0.25, -0.2) is 13.2 Å². The third-order valence-corrected chi connectivity index (χ3v) is 2.73. The summed E-state index contributed by atoms with van der Waals surface area (Å²) < 4.78 is 45.3. The van der Waals surface area contributed by atoms with E-state index in [1.54, 1.807) is 0 Å². The third-order valence-electron chi connectivity index (χ3n) is 2.73. The van der Waals surface area contributed by atoms with E-state index in [2.05, 4.69) is 4.99 Å². The van der Waals surface area contributed by atoms with Gasteiger partial charge >= 0.3 is 0 Å². The number of rotatable bonds is 2. The van der Waals surface area contributed by atoms with Gasteiger partial charge in [-0.3, -0.25) is 4.99 Å². The van der Waals surface area contributed by atoms with Gasteiger partial charge in [0.1, 0.15) is 18.3 Å². The van der Waals surface area contributed by atoms with Gasteiger partial charge in [-0.2, -0.15) is 0 Å². The molecule has 106 valence electrons. The summed E-state index contributed by atoms with van der Waals surface area (Å²) in [5.74, 6) is -0.907. The minimum atomic E-state index is -2.95. The Balaban J connectivity index is 0.00000180. The van der Waals surface area contributed by atoms with Crippen LogP contribution in [0.3, 0.4) is 0 Å². The molecule has 1 atom stereocenters. The van der Waals surface area contributed by atoms with E-state index in [0.29, 0.717) is 0 Å². The molecule has 1 aliphatic heterocycles. The van der Waals surface area contributed by atoms with Crippen LogP contribution in [0.15, 0.2) is 23.2 Å². The van der Waals surface area contributed by atoms with Crippen molar-refractivity contribution in [2.24, 2.45) is 10.7 Å². The molecule has 8 heteroatoms. The van der Waals surface area contributed by atoms with Gasteiger partial charge in [0.15, 0.2) is 5.54 Å².